The van der Waals surface area contributed by atoms with Crippen molar-refractivity contribution >= 4 is 23.7 Å². The van der Waals surface area contributed by atoms with E-state index < -0.39 is 0 Å². The van der Waals surface area contributed by atoms with E-state index in [2.05, 4.69) is 20.6 Å². The maximum atomic E-state index is 12.7. The highest BCUT2D eigenvalue weighted by Gasteiger charge is 2.02. The molecule has 0 fully saturated rings. The molecule has 0 bridgehead atoms. The van der Waals surface area contributed by atoms with Crippen molar-refractivity contribution in [3.05, 3.63) is 48.5 Å². The summed E-state index contributed by atoms with van der Waals surface area (Å²) in [5.41, 5.74) is 0. The van der Waals surface area contributed by atoms with E-state index >= 15 is 0 Å². The van der Waals surface area contributed by atoms with Gasteiger partial charge in [-0.15, -0.1) is 11.8 Å². The lowest BCUT2D eigenvalue weighted by atomic mass is 10.4. The Morgan fingerprint density at radius 3 is 2.62 bits per heavy atom. The molecule has 0 aliphatic carbocycles. The molecule has 1 heterocycles. The van der Waals surface area contributed by atoms with Crippen LogP contribution in [0.3, 0.4) is 0 Å². The van der Waals surface area contributed by atoms with Crippen molar-refractivity contribution in [1.29, 1.82) is 0 Å². The molecule has 2 amide bonds. The molecule has 110 valence electrons. The minimum absolute atomic E-state index is 0.235. The Labute approximate surface area is 126 Å². The second kappa shape index (κ2) is 8.21. The number of hydrogen-bond acceptors (Lipinski definition) is 4. The Bertz CT molecular complexity index is 565. The summed E-state index contributed by atoms with van der Waals surface area (Å²) in [5.74, 6) is 0.879. The second-order valence-corrected chi connectivity index (χ2v) is 5.28. The summed E-state index contributed by atoms with van der Waals surface area (Å²) in [6.45, 7) is 0.548. The van der Waals surface area contributed by atoms with Gasteiger partial charge in [-0.2, -0.15) is 0 Å². The van der Waals surface area contributed by atoms with Crippen molar-refractivity contribution in [2.75, 3.05) is 17.6 Å². The monoisotopic (exact) mass is 306 g/mol. The summed E-state index contributed by atoms with van der Waals surface area (Å²) >= 11 is 1.62. The molecule has 0 spiro atoms. The van der Waals surface area contributed by atoms with Crippen molar-refractivity contribution in [3.63, 3.8) is 0 Å². The number of nitrogens with zero attached hydrogens (tertiary/aromatic N) is 2. The molecule has 2 rings (SSSR count). The van der Waals surface area contributed by atoms with E-state index in [9.17, 15) is 9.18 Å². The van der Waals surface area contributed by atoms with Crippen molar-refractivity contribution in [2.45, 2.75) is 11.3 Å². The summed E-state index contributed by atoms with van der Waals surface area (Å²) in [6, 6.07) is 7.71. The van der Waals surface area contributed by atoms with Gasteiger partial charge < -0.3 is 5.32 Å². The van der Waals surface area contributed by atoms with E-state index in [1.54, 1.807) is 42.4 Å². The van der Waals surface area contributed by atoms with Gasteiger partial charge in [0.15, 0.2) is 0 Å². The van der Waals surface area contributed by atoms with Crippen LogP contribution in [-0.4, -0.2) is 28.3 Å². The summed E-state index contributed by atoms with van der Waals surface area (Å²) in [5, 5.41) is 5.26. The number of aromatic nitrogens is 2. The molecular weight excluding hydrogens is 291 g/mol. The third kappa shape index (κ3) is 5.78. The molecule has 0 radical (unpaired) electrons. The van der Waals surface area contributed by atoms with Crippen LogP contribution in [0.1, 0.15) is 6.42 Å². The first-order valence-electron chi connectivity index (χ1n) is 6.44. The van der Waals surface area contributed by atoms with Crippen molar-refractivity contribution in [1.82, 2.24) is 15.3 Å². The van der Waals surface area contributed by atoms with Gasteiger partial charge in [-0.1, -0.05) is 0 Å². The third-order valence-corrected chi connectivity index (χ3v) is 3.58. The molecule has 0 saturated carbocycles. The molecule has 0 aliphatic heterocycles. The van der Waals surface area contributed by atoms with Gasteiger partial charge in [-0.3, -0.25) is 5.32 Å². The number of carbonyl (C=O) groups excluding carboxylic acids is 1. The molecule has 0 atom stereocenters. The fraction of sp³-hybridized carbons (Fsp3) is 0.214. The lowest BCUT2D eigenvalue weighted by Crippen LogP contribution is -2.30. The molecule has 0 saturated heterocycles. The summed E-state index contributed by atoms with van der Waals surface area (Å²) in [7, 11) is 0. The number of benzene rings is 1. The SMILES string of the molecule is O=C(NCCCSc1ccc(F)cc1)Nc1ncccn1. The van der Waals surface area contributed by atoms with E-state index in [1.807, 2.05) is 0 Å². The van der Waals surface area contributed by atoms with Crippen LogP contribution in [0.5, 0.6) is 0 Å². The van der Waals surface area contributed by atoms with Crippen LogP contribution < -0.4 is 10.6 Å². The standard InChI is InChI=1S/C14H15FN4OS/c15-11-3-5-12(6-4-11)21-10-2-9-18-14(20)19-13-16-7-1-8-17-13/h1,3-8H,2,9-10H2,(H2,16,17,18,19,20). The highest BCUT2D eigenvalue weighted by atomic mass is 32.2. The highest BCUT2D eigenvalue weighted by molar-refractivity contribution is 7.99. The average molecular weight is 306 g/mol. The molecular formula is C14H15FN4OS. The third-order valence-electron chi connectivity index (χ3n) is 2.48. The van der Waals surface area contributed by atoms with E-state index in [1.165, 1.54) is 12.1 Å². The number of anilines is 1. The van der Waals surface area contributed by atoms with E-state index in [-0.39, 0.29) is 17.8 Å². The van der Waals surface area contributed by atoms with Gasteiger partial charge in [0.1, 0.15) is 5.82 Å². The first-order chi connectivity index (χ1) is 10.2. The van der Waals surface area contributed by atoms with Crippen LogP contribution in [0.2, 0.25) is 0 Å². The van der Waals surface area contributed by atoms with Gasteiger partial charge in [-0.05, 0) is 42.5 Å². The van der Waals surface area contributed by atoms with Gasteiger partial charge in [0.05, 0.1) is 0 Å². The largest absolute Gasteiger partial charge is 0.338 e. The number of hydrogen-bond donors (Lipinski definition) is 2. The quantitative estimate of drug-likeness (QED) is 0.636. The van der Waals surface area contributed by atoms with Gasteiger partial charge in [0.25, 0.3) is 0 Å². The Balaban J connectivity index is 1.59. The lowest BCUT2D eigenvalue weighted by molar-refractivity contribution is 0.252. The summed E-state index contributed by atoms with van der Waals surface area (Å²) < 4.78 is 12.7. The van der Waals surface area contributed by atoms with Crippen LogP contribution in [0, 0.1) is 5.82 Å². The summed E-state index contributed by atoms with van der Waals surface area (Å²) in [4.78, 5) is 20.3. The highest BCUT2D eigenvalue weighted by Crippen LogP contribution is 2.18. The Hall–Kier alpha value is -2.15. The molecule has 1 aromatic carbocycles. The van der Waals surface area contributed by atoms with Crippen LogP contribution in [0.4, 0.5) is 15.1 Å². The van der Waals surface area contributed by atoms with E-state index in [0.717, 1.165) is 17.1 Å². The minimum Gasteiger partial charge on any atom is -0.338 e. The zero-order chi connectivity index (χ0) is 14.9. The number of urea groups is 1. The summed E-state index contributed by atoms with van der Waals surface area (Å²) in [6.07, 6.45) is 3.93. The lowest BCUT2D eigenvalue weighted by Gasteiger charge is -2.06. The van der Waals surface area contributed by atoms with Gasteiger partial charge in [0.2, 0.25) is 5.95 Å². The molecule has 5 nitrogen and oxygen atoms in total. The number of amides is 2. The zero-order valence-electron chi connectivity index (χ0n) is 11.3. The van der Waals surface area contributed by atoms with Crippen LogP contribution in [0.15, 0.2) is 47.6 Å². The molecule has 21 heavy (non-hydrogen) atoms. The normalized spacial score (nSPS) is 10.1. The molecule has 7 heteroatoms. The van der Waals surface area contributed by atoms with Crippen molar-refractivity contribution < 1.29 is 9.18 Å². The molecule has 2 aromatic rings. The van der Waals surface area contributed by atoms with Crippen LogP contribution in [-0.2, 0) is 0 Å². The smallest absolute Gasteiger partial charge is 0.321 e. The molecule has 2 N–H and O–H groups in total. The zero-order valence-corrected chi connectivity index (χ0v) is 12.1. The Morgan fingerprint density at radius 2 is 1.90 bits per heavy atom. The number of thioether (sulfide) groups is 1. The Kier molecular flexibility index (Phi) is 5.96. The van der Waals surface area contributed by atoms with E-state index in [4.69, 9.17) is 0 Å². The number of rotatable bonds is 6. The number of nitrogens with one attached hydrogen (secondary N) is 2. The Morgan fingerprint density at radius 1 is 1.19 bits per heavy atom. The van der Waals surface area contributed by atoms with E-state index in [0.29, 0.717) is 6.54 Å². The average Bonchev–Trinajstić information content (AvgIpc) is 2.50. The maximum Gasteiger partial charge on any atom is 0.321 e. The molecule has 0 aliphatic rings. The van der Waals surface area contributed by atoms with Gasteiger partial charge >= 0.3 is 6.03 Å². The van der Waals surface area contributed by atoms with Crippen molar-refractivity contribution in [2.24, 2.45) is 0 Å². The van der Waals surface area contributed by atoms with Gasteiger partial charge in [-0.25, -0.2) is 19.2 Å². The topological polar surface area (TPSA) is 66.9 Å². The van der Waals surface area contributed by atoms with Crippen molar-refractivity contribution in [3.8, 4) is 0 Å². The van der Waals surface area contributed by atoms with Crippen LogP contribution >= 0.6 is 11.8 Å². The predicted octanol–water partition coefficient (Wildman–Crippen LogP) is 2.92. The van der Waals surface area contributed by atoms with Crippen LogP contribution in [0.25, 0.3) is 0 Å². The predicted molar refractivity (Wildman–Crippen MR) is 80.8 cm³/mol. The molecule has 1 aromatic heterocycles. The number of carbonyl (C=O) groups is 1. The minimum atomic E-state index is -0.326. The first-order valence-corrected chi connectivity index (χ1v) is 7.43. The fourth-order valence-electron chi connectivity index (χ4n) is 1.50. The van der Waals surface area contributed by atoms with Gasteiger partial charge in [0, 0.05) is 23.8 Å². The first kappa shape index (κ1) is 15.2. The number of halogens is 1. The fourth-order valence-corrected chi connectivity index (χ4v) is 2.36. The maximum absolute atomic E-state index is 12.7. The second-order valence-electron chi connectivity index (χ2n) is 4.11. The molecule has 0 unspecified atom stereocenters.